The van der Waals surface area contributed by atoms with Crippen molar-refractivity contribution in [2.45, 2.75) is 13.2 Å². The lowest BCUT2D eigenvalue weighted by molar-refractivity contribution is 0.251. The van der Waals surface area contributed by atoms with Gasteiger partial charge in [0.15, 0.2) is 11.6 Å². The van der Waals surface area contributed by atoms with Crippen molar-refractivity contribution in [3.8, 4) is 11.8 Å². The third kappa shape index (κ3) is 3.11. The minimum absolute atomic E-state index is 0.0715. The molecule has 1 N–H and O–H groups in total. The topological polar surface area (TPSA) is 53.2 Å². The van der Waals surface area contributed by atoms with Gasteiger partial charge in [-0.15, -0.1) is 0 Å². The van der Waals surface area contributed by atoms with Crippen LogP contribution in [0.4, 0.5) is 8.78 Å². The van der Waals surface area contributed by atoms with Crippen LogP contribution in [-0.4, -0.2) is 5.11 Å². The third-order valence-electron chi connectivity index (χ3n) is 2.69. The Morgan fingerprint density at radius 2 is 2.00 bits per heavy atom. The highest BCUT2D eigenvalue weighted by Crippen LogP contribution is 2.24. The smallest absolute Gasteiger partial charge is 0.165 e. The monoisotopic (exact) mass is 275 g/mol. The van der Waals surface area contributed by atoms with E-state index in [2.05, 4.69) is 0 Å². The van der Waals surface area contributed by atoms with Gasteiger partial charge in [-0.2, -0.15) is 5.26 Å². The molecule has 3 nitrogen and oxygen atoms in total. The van der Waals surface area contributed by atoms with Crippen molar-refractivity contribution in [2.75, 3.05) is 0 Å². The Hall–Kier alpha value is -2.45. The van der Waals surface area contributed by atoms with Gasteiger partial charge in [-0.05, 0) is 29.8 Å². The first kappa shape index (κ1) is 14.0. The van der Waals surface area contributed by atoms with Gasteiger partial charge in [0.05, 0.1) is 18.2 Å². The van der Waals surface area contributed by atoms with E-state index in [1.54, 1.807) is 0 Å². The van der Waals surface area contributed by atoms with Crippen LogP contribution in [0, 0.1) is 23.0 Å². The fourth-order valence-corrected chi connectivity index (χ4v) is 1.79. The van der Waals surface area contributed by atoms with Crippen molar-refractivity contribution >= 4 is 0 Å². The minimum Gasteiger partial charge on any atom is -0.485 e. The Balaban J connectivity index is 2.21. The molecule has 2 rings (SSSR count). The van der Waals surface area contributed by atoms with Gasteiger partial charge in [-0.3, -0.25) is 0 Å². The molecule has 5 heteroatoms. The predicted molar refractivity (Wildman–Crippen MR) is 67.8 cm³/mol. The number of halogens is 2. The summed E-state index contributed by atoms with van der Waals surface area (Å²) in [5.41, 5.74) is 0.884. The maximum Gasteiger partial charge on any atom is 0.165 e. The zero-order valence-corrected chi connectivity index (χ0v) is 10.4. The number of hydrogen-bond acceptors (Lipinski definition) is 3. The van der Waals surface area contributed by atoms with Crippen LogP contribution in [0.2, 0.25) is 0 Å². The summed E-state index contributed by atoms with van der Waals surface area (Å²) in [6.45, 7) is -0.458. The number of para-hydroxylation sites is 1. The second-order valence-electron chi connectivity index (χ2n) is 4.13. The van der Waals surface area contributed by atoms with E-state index in [1.165, 1.54) is 30.3 Å². The van der Waals surface area contributed by atoms with E-state index in [4.69, 9.17) is 15.1 Å². The molecule has 0 aliphatic rings. The molecule has 0 amide bonds. The lowest BCUT2D eigenvalue weighted by atomic mass is 10.1. The van der Waals surface area contributed by atoms with E-state index >= 15 is 0 Å². The molecule has 0 heterocycles. The molecular weight excluding hydrogens is 264 g/mol. The quantitative estimate of drug-likeness (QED) is 0.933. The first-order valence-corrected chi connectivity index (χ1v) is 5.84. The predicted octanol–water partition coefficient (Wildman–Crippen LogP) is 2.91. The first-order valence-electron chi connectivity index (χ1n) is 5.84. The largest absolute Gasteiger partial charge is 0.485 e. The van der Waals surface area contributed by atoms with Crippen LogP contribution in [0.15, 0.2) is 36.4 Å². The summed E-state index contributed by atoms with van der Waals surface area (Å²) >= 11 is 0. The van der Waals surface area contributed by atoms with Crippen molar-refractivity contribution in [3.63, 3.8) is 0 Å². The average molecular weight is 275 g/mol. The Morgan fingerprint density at radius 3 is 2.70 bits per heavy atom. The molecule has 0 saturated carbocycles. The second-order valence-corrected chi connectivity index (χ2v) is 4.13. The van der Waals surface area contributed by atoms with Gasteiger partial charge >= 0.3 is 0 Å². The highest BCUT2D eigenvalue weighted by atomic mass is 19.1. The van der Waals surface area contributed by atoms with Gasteiger partial charge in [0.1, 0.15) is 12.4 Å². The molecule has 0 bridgehead atoms. The molecule has 0 spiro atoms. The normalized spacial score (nSPS) is 10.1. The minimum atomic E-state index is -0.603. The van der Waals surface area contributed by atoms with Crippen LogP contribution in [-0.2, 0) is 13.2 Å². The second kappa shape index (κ2) is 6.13. The Morgan fingerprint density at radius 1 is 1.20 bits per heavy atom. The lowest BCUT2D eigenvalue weighted by Gasteiger charge is -2.11. The summed E-state index contributed by atoms with van der Waals surface area (Å²) in [6, 6.07) is 9.81. The Kier molecular flexibility index (Phi) is 4.28. The molecule has 0 aliphatic carbocycles. The number of aliphatic hydroxyl groups is 1. The van der Waals surface area contributed by atoms with Gasteiger partial charge in [0.25, 0.3) is 0 Å². The number of aliphatic hydroxyl groups excluding tert-OH is 1. The van der Waals surface area contributed by atoms with Gasteiger partial charge < -0.3 is 9.84 Å². The summed E-state index contributed by atoms with van der Waals surface area (Å²) in [6.07, 6.45) is 0. The van der Waals surface area contributed by atoms with Crippen molar-refractivity contribution in [1.29, 1.82) is 5.26 Å². The first-order chi connectivity index (χ1) is 9.63. The molecular formula is C15H11F2NO2. The molecule has 0 aromatic heterocycles. The highest BCUT2D eigenvalue weighted by Gasteiger charge is 2.10. The van der Waals surface area contributed by atoms with Crippen LogP contribution in [0.1, 0.15) is 16.7 Å². The molecule has 0 aliphatic heterocycles. The lowest BCUT2D eigenvalue weighted by Crippen LogP contribution is -2.02. The maximum atomic E-state index is 13.6. The molecule has 20 heavy (non-hydrogen) atoms. The Labute approximate surface area is 114 Å². The molecule has 0 unspecified atom stereocenters. The number of benzene rings is 2. The van der Waals surface area contributed by atoms with Gasteiger partial charge in [0, 0.05) is 5.56 Å². The Bertz CT molecular complexity index is 665. The van der Waals surface area contributed by atoms with E-state index in [9.17, 15) is 8.78 Å². The van der Waals surface area contributed by atoms with E-state index < -0.39 is 11.6 Å². The summed E-state index contributed by atoms with van der Waals surface area (Å²) in [5, 5.41) is 17.9. The number of rotatable bonds is 4. The van der Waals surface area contributed by atoms with Crippen molar-refractivity contribution in [2.24, 2.45) is 0 Å². The number of nitrogens with zero attached hydrogens (tertiary/aromatic N) is 1. The van der Waals surface area contributed by atoms with E-state index in [0.717, 1.165) is 6.07 Å². The van der Waals surface area contributed by atoms with Crippen molar-refractivity contribution < 1.29 is 18.6 Å². The van der Waals surface area contributed by atoms with E-state index in [0.29, 0.717) is 11.1 Å². The van der Waals surface area contributed by atoms with Crippen LogP contribution < -0.4 is 4.74 Å². The molecule has 0 fully saturated rings. The van der Waals surface area contributed by atoms with Crippen LogP contribution in [0.3, 0.4) is 0 Å². The maximum absolute atomic E-state index is 13.6. The molecule has 0 saturated heterocycles. The third-order valence-corrected chi connectivity index (χ3v) is 2.69. The van der Waals surface area contributed by atoms with Crippen LogP contribution in [0.5, 0.6) is 5.75 Å². The number of hydrogen-bond donors (Lipinski definition) is 1. The summed E-state index contributed by atoms with van der Waals surface area (Å²) in [7, 11) is 0. The summed E-state index contributed by atoms with van der Waals surface area (Å²) in [4.78, 5) is 0. The summed E-state index contributed by atoms with van der Waals surface area (Å²) < 4.78 is 32.1. The van der Waals surface area contributed by atoms with Gasteiger partial charge in [0.2, 0.25) is 0 Å². The zero-order chi connectivity index (χ0) is 14.5. The average Bonchev–Trinajstić information content (AvgIpc) is 2.45. The zero-order valence-electron chi connectivity index (χ0n) is 10.4. The SMILES string of the molecule is N#Cc1cc(F)cc(COc2c(F)cccc2CO)c1. The molecule has 2 aromatic rings. The standard InChI is InChI=1S/C15H11F2NO2/c16-13-5-10(7-18)4-11(6-13)9-20-15-12(8-19)2-1-3-14(15)17/h1-6,19H,8-9H2. The van der Waals surface area contributed by atoms with Crippen LogP contribution in [0.25, 0.3) is 0 Å². The molecule has 0 atom stereocenters. The van der Waals surface area contributed by atoms with Gasteiger partial charge in [-0.25, -0.2) is 8.78 Å². The number of ether oxygens (including phenoxy) is 1. The fourth-order valence-electron chi connectivity index (χ4n) is 1.79. The highest BCUT2D eigenvalue weighted by molar-refractivity contribution is 5.36. The molecule has 102 valence electrons. The van der Waals surface area contributed by atoms with Crippen molar-refractivity contribution in [3.05, 3.63) is 64.7 Å². The molecule has 2 aromatic carbocycles. The van der Waals surface area contributed by atoms with Crippen molar-refractivity contribution in [1.82, 2.24) is 0 Å². The van der Waals surface area contributed by atoms with Crippen LogP contribution >= 0.6 is 0 Å². The summed E-state index contributed by atoms with van der Waals surface area (Å²) in [5.74, 6) is -1.23. The van der Waals surface area contributed by atoms with Gasteiger partial charge in [-0.1, -0.05) is 12.1 Å². The van der Waals surface area contributed by atoms with E-state index in [-0.39, 0.29) is 24.5 Å². The van der Waals surface area contributed by atoms with E-state index in [1.807, 2.05) is 6.07 Å². The number of nitriles is 1. The molecule has 0 radical (unpaired) electrons. The fraction of sp³-hybridized carbons (Fsp3) is 0.133.